The molecule has 132 valence electrons. The SMILES string of the molecule is C[C@@H](C(=O)Nc1ccccc1F)[NH+]1CCC([NH+]2CCCCC2)CC1. The standard InChI is InChI=1S/C19H28FN3O/c1-15(19(24)21-18-8-4-3-7-17(18)20)22-13-9-16(10-14-22)23-11-5-2-6-12-23/h3-4,7-8,15-16H,2,5-6,9-14H2,1H3,(H,21,24)/p+2/t15-/m0/s1. The summed E-state index contributed by atoms with van der Waals surface area (Å²) in [5.41, 5.74) is 0.279. The number of anilines is 1. The Morgan fingerprint density at radius 2 is 1.79 bits per heavy atom. The maximum atomic E-state index is 13.7. The molecular weight excluding hydrogens is 305 g/mol. The zero-order valence-electron chi connectivity index (χ0n) is 14.6. The van der Waals surface area contributed by atoms with Gasteiger partial charge in [0.1, 0.15) is 5.82 Å². The molecule has 0 radical (unpaired) electrons. The molecule has 2 fully saturated rings. The topological polar surface area (TPSA) is 38.0 Å². The predicted octanol–water partition coefficient (Wildman–Crippen LogP) is 0.269. The number of likely N-dealkylation sites (tertiary alicyclic amines) is 2. The Balaban J connectivity index is 1.50. The van der Waals surface area contributed by atoms with Crippen LogP contribution in [0, 0.1) is 5.82 Å². The third-order valence-electron chi connectivity index (χ3n) is 5.84. The second-order valence-electron chi connectivity index (χ2n) is 7.34. The van der Waals surface area contributed by atoms with E-state index in [1.807, 2.05) is 6.92 Å². The van der Waals surface area contributed by atoms with Crippen LogP contribution < -0.4 is 15.1 Å². The quantitative estimate of drug-likeness (QED) is 0.726. The van der Waals surface area contributed by atoms with Gasteiger partial charge in [-0.2, -0.15) is 0 Å². The molecule has 0 saturated carbocycles. The first-order valence-corrected chi connectivity index (χ1v) is 9.39. The minimum absolute atomic E-state index is 0.0844. The molecular formula is C19H30FN3O+2. The van der Waals surface area contributed by atoms with E-state index in [2.05, 4.69) is 5.32 Å². The Labute approximate surface area is 144 Å². The fourth-order valence-corrected chi connectivity index (χ4v) is 4.23. The zero-order valence-corrected chi connectivity index (χ0v) is 14.6. The number of hydrogen-bond acceptors (Lipinski definition) is 1. The highest BCUT2D eigenvalue weighted by Gasteiger charge is 2.34. The summed E-state index contributed by atoms with van der Waals surface area (Å²) in [7, 11) is 0. The van der Waals surface area contributed by atoms with Crippen LogP contribution in [-0.4, -0.2) is 44.2 Å². The van der Waals surface area contributed by atoms with Crippen LogP contribution in [0.5, 0.6) is 0 Å². The van der Waals surface area contributed by atoms with Crippen molar-refractivity contribution in [3.63, 3.8) is 0 Å². The van der Waals surface area contributed by atoms with E-state index < -0.39 is 0 Å². The van der Waals surface area contributed by atoms with Crippen LogP contribution in [0.2, 0.25) is 0 Å². The number of benzene rings is 1. The Kier molecular flexibility index (Phi) is 5.85. The van der Waals surface area contributed by atoms with Gasteiger partial charge in [-0.05, 0) is 38.3 Å². The van der Waals surface area contributed by atoms with Crippen molar-refractivity contribution in [2.24, 2.45) is 0 Å². The number of carbonyl (C=O) groups is 1. The lowest BCUT2D eigenvalue weighted by molar-refractivity contribution is -0.965. The molecule has 2 aliphatic heterocycles. The zero-order chi connectivity index (χ0) is 16.9. The third-order valence-corrected chi connectivity index (χ3v) is 5.84. The van der Waals surface area contributed by atoms with Crippen molar-refractivity contribution >= 4 is 11.6 Å². The van der Waals surface area contributed by atoms with Crippen molar-refractivity contribution in [3.8, 4) is 0 Å². The molecule has 2 aliphatic rings. The fraction of sp³-hybridized carbons (Fsp3) is 0.632. The molecule has 0 spiro atoms. The molecule has 1 aromatic rings. The Morgan fingerprint density at radius 1 is 1.12 bits per heavy atom. The van der Waals surface area contributed by atoms with Crippen LogP contribution in [0.15, 0.2) is 24.3 Å². The molecule has 2 saturated heterocycles. The van der Waals surface area contributed by atoms with E-state index in [0.29, 0.717) is 0 Å². The largest absolute Gasteiger partial charge is 0.332 e. The van der Waals surface area contributed by atoms with Crippen LogP contribution in [0.4, 0.5) is 10.1 Å². The number of nitrogens with one attached hydrogen (secondary N) is 3. The summed E-state index contributed by atoms with van der Waals surface area (Å²) < 4.78 is 13.7. The summed E-state index contributed by atoms with van der Waals surface area (Å²) >= 11 is 0. The molecule has 1 amide bonds. The van der Waals surface area contributed by atoms with Gasteiger partial charge < -0.3 is 15.1 Å². The average Bonchev–Trinajstić information content (AvgIpc) is 2.64. The summed E-state index contributed by atoms with van der Waals surface area (Å²) in [5, 5.41) is 2.74. The molecule has 2 heterocycles. The van der Waals surface area contributed by atoms with E-state index in [-0.39, 0.29) is 23.5 Å². The van der Waals surface area contributed by atoms with Gasteiger partial charge in [-0.3, -0.25) is 4.79 Å². The monoisotopic (exact) mass is 335 g/mol. The summed E-state index contributed by atoms with van der Waals surface area (Å²) in [6, 6.07) is 7.00. The molecule has 0 aliphatic carbocycles. The molecule has 0 bridgehead atoms. The molecule has 4 nitrogen and oxygen atoms in total. The van der Waals surface area contributed by atoms with Gasteiger partial charge in [-0.1, -0.05) is 12.1 Å². The highest BCUT2D eigenvalue weighted by atomic mass is 19.1. The minimum Gasteiger partial charge on any atom is -0.332 e. The second kappa shape index (κ2) is 8.08. The molecule has 24 heavy (non-hydrogen) atoms. The number of halogens is 1. The molecule has 0 aromatic heterocycles. The number of piperidine rings is 2. The van der Waals surface area contributed by atoms with Gasteiger partial charge in [-0.15, -0.1) is 0 Å². The molecule has 1 atom stereocenters. The lowest BCUT2D eigenvalue weighted by Gasteiger charge is -2.37. The lowest BCUT2D eigenvalue weighted by Crippen LogP contribution is -3.22. The average molecular weight is 335 g/mol. The fourth-order valence-electron chi connectivity index (χ4n) is 4.23. The van der Waals surface area contributed by atoms with E-state index in [1.54, 1.807) is 23.1 Å². The van der Waals surface area contributed by atoms with Gasteiger partial charge in [0.15, 0.2) is 6.04 Å². The molecule has 1 aromatic carbocycles. The van der Waals surface area contributed by atoms with Crippen LogP contribution in [0.25, 0.3) is 0 Å². The highest BCUT2D eigenvalue weighted by Crippen LogP contribution is 2.12. The van der Waals surface area contributed by atoms with Crippen LogP contribution in [0.1, 0.15) is 39.0 Å². The summed E-state index contributed by atoms with van der Waals surface area (Å²) in [4.78, 5) is 15.6. The van der Waals surface area contributed by atoms with E-state index >= 15 is 0 Å². The number of para-hydroxylation sites is 1. The number of carbonyl (C=O) groups excluding carboxylic acids is 1. The van der Waals surface area contributed by atoms with Crippen molar-refractivity contribution in [3.05, 3.63) is 30.1 Å². The first-order valence-electron chi connectivity index (χ1n) is 9.39. The molecule has 0 unspecified atom stereocenters. The van der Waals surface area contributed by atoms with Crippen LogP contribution >= 0.6 is 0 Å². The van der Waals surface area contributed by atoms with Gasteiger partial charge in [-0.25, -0.2) is 4.39 Å². The van der Waals surface area contributed by atoms with Crippen molar-refractivity contribution in [1.29, 1.82) is 0 Å². The van der Waals surface area contributed by atoms with Gasteiger partial charge in [0.05, 0.1) is 37.9 Å². The number of quaternary nitrogens is 2. The van der Waals surface area contributed by atoms with E-state index in [1.165, 1.54) is 56.2 Å². The first kappa shape index (κ1) is 17.4. The maximum Gasteiger partial charge on any atom is 0.282 e. The molecule has 3 N–H and O–H groups in total. The number of hydrogen-bond donors (Lipinski definition) is 3. The van der Waals surface area contributed by atoms with Crippen molar-refractivity contribution in [1.82, 2.24) is 0 Å². The van der Waals surface area contributed by atoms with Crippen LogP contribution in [0.3, 0.4) is 0 Å². The molecule has 5 heteroatoms. The van der Waals surface area contributed by atoms with Gasteiger partial charge in [0, 0.05) is 12.8 Å². The smallest absolute Gasteiger partial charge is 0.282 e. The Morgan fingerprint density at radius 3 is 2.46 bits per heavy atom. The third kappa shape index (κ3) is 4.14. The Bertz CT molecular complexity index is 551. The minimum atomic E-state index is -0.375. The number of amides is 1. The molecule has 3 rings (SSSR count). The normalized spacial score (nSPS) is 26.8. The maximum absolute atomic E-state index is 13.7. The van der Waals surface area contributed by atoms with Crippen LogP contribution in [-0.2, 0) is 4.79 Å². The van der Waals surface area contributed by atoms with Crippen molar-refractivity contribution in [2.45, 2.75) is 51.1 Å². The second-order valence-corrected chi connectivity index (χ2v) is 7.34. The van der Waals surface area contributed by atoms with E-state index in [4.69, 9.17) is 0 Å². The highest BCUT2D eigenvalue weighted by molar-refractivity contribution is 5.93. The van der Waals surface area contributed by atoms with Gasteiger partial charge in [0.25, 0.3) is 5.91 Å². The Hall–Kier alpha value is -1.46. The van der Waals surface area contributed by atoms with Crippen molar-refractivity contribution < 1.29 is 19.0 Å². The van der Waals surface area contributed by atoms with Gasteiger partial charge in [0.2, 0.25) is 0 Å². The number of rotatable bonds is 4. The van der Waals surface area contributed by atoms with E-state index in [0.717, 1.165) is 19.1 Å². The first-order chi connectivity index (χ1) is 11.6. The summed E-state index contributed by atoms with van der Waals surface area (Å²) in [5.74, 6) is -0.459. The summed E-state index contributed by atoms with van der Waals surface area (Å²) in [6.07, 6.45) is 6.51. The van der Waals surface area contributed by atoms with Crippen molar-refractivity contribution in [2.75, 3.05) is 31.5 Å². The van der Waals surface area contributed by atoms with Gasteiger partial charge >= 0.3 is 0 Å². The lowest BCUT2D eigenvalue weighted by atomic mass is 9.99. The predicted molar refractivity (Wildman–Crippen MR) is 92.8 cm³/mol. The van der Waals surface area contributed by atoms with E-state index in [9.17, 15) is 9.18 Å². The summed E-state index contributed by atoms with van der Waals surface area (Å²) in [6.45, 7) is 6.69.